The number of aliphatic hydroxyl groups excluding tert-OH is 1. The van der Waals surface area contributed by atoms with Gasteiger partial charge >= 0.3 is 5.97 Å². The van der Waals surface area contributed by atoms with E-state index in [1.807, 2.05) is 13.8 Å². The van der Waals surface area contributed by atoms with Crippen molar-refractivity contribution in [3.05, 3.63) is 12.2 Å². The van der Waals surface area contributed by atoms with Crippen molar-refractivity contribution in [2.75, 3.05) is 0 Å². The van der Waals surface area contributed by atoms with Crippen LogP contribution in [0.5, 0.6) is 0 Å². The zero-order chi connectivity index (χ0) is 19.9. The second-order valence-corrected chi connectivity index (χ2v) is 10.0. The molecule has 0 radical (unpaired) electrons. The maximum atomic E-state index is 13.5. The van der Waals surface area contributed by atoms with Crippen LogP contribution in [0.2, 0.25) is 0 Å². The average Bonchev–Trinajstić information content (AvgIpc) is 2.70. The van der Waals surface area contributed by atoms with Gasteiger partial charge in [-0.1, -0.05) is 27.4 Å². The molecule has 4 aliphatic rings. The predicted molar refractivity (Wildman–Crippen MR) is 98.6 cm³/mol. The van der Waals surface area contributed by atoms with Gasteiger partial charge in [0, 0.05) is 24.7 Å². The molecule has 5 heteroatoms. The van der Waals surface area contributed by atoms with E-state index in [1.54, 1.807) is 0 Å². The van der Waals surface area contributed by atoms with Crippen LogP contribution in [0.4, 0.5) is 0 Å². The first-order valence-corrected chi connectivity index (χ1v) is 10.1. The lowest BCUT2D eigenvalue weighted by atomic mass is 9.39. The highest BCUT2D eigenvalue weighted by atomic mass is 16.5. The van der Waals surface area contributed by atoms with Gasteiger partial charge in [-0.3, -0.25) is 14.4 Å². The van der Waals surface area contributed by atoms with Gasteiger partial charge in [-0.25, -0.2) is 0 Å². The standard InChI is InChI=1S/C22H30O5/c1-11-13-6-7-14-21(5)9-8-16(24)20(3,4)15(21)10-17(25)22(14,18(11)26)19(13)27-12(2)23/h13-15,17,19,25H,1,6-10H2,2-5H3/t13-,14-,15+,17+,19+,21-,22?/m0/s1. The van der Waals surface area contributed by atoms with E-state index in [-0.39, 0.29) is 34.7 Å². The van der Waals surface area contributed by atoms with Gasteiger partial charge in [0.25, 0.3) is 0 Å². The molecule has 4 aliphatic carbocycles. The monoisotopic (exact) mass is 374 g/mol. The van der Waals surface area contributed by atoms with E-state index in [0.717, 1.165) is 19.3 Å². The normalized spacial score (nSPS) is 48.0. The zero-order valence-electron chi connectivity index (χ0n) is 16.7. The van der Waals surface area contributed by atoms with Crippen LogP contribution in [0, 0.1) is 34.0 Å². The highest BCUT2D eigenvalue weighted by Crippen LogP contribution is 2.71. The fourth-order valence-corrected chi connectivity index (χ4v) is 7.46. The molecule has 0 aromatic rings. The summed E-state index contributed by atoms with van der Waals surface area (Å²) in [5, 5.41) is 11.4. The third kappa shape index (κ3) is 2.07. The summed E-state index contributed by atoms with van der Waals surface area (Å²) in [5.41, 5.74) is -1.38. The van der Waals surface area contributed by atoms with Crippen LogP contribution in [0.15, 0.2) is 12.2 Å². The van der Waals surface area contributed by atoms with Crippen molar-refractivity contribution in [1.82, 2.24) is 0 Å². The summed E-state index contributed by atoms with van der Waals surface area (Å²) in [6, 6.07) is 0. The molecule has 4 saturated carbocycles. The molecule has 7 atom stereocenters. The quantitative estimate of drug-likeness (QED) is 0.564. The first-order valence-electron chi connectivity index (χ1n) is 10.1. The number of Topliss-reactive ketones (excluding diaryl/α,β-unsaturated/α-hetero) is 2. The minimum absolute atomic E-state index is 0.00747. The number of carbonyl (C=O) groups excluding carboxylic acids is 3. The molecule has 0 heterocycles. The molecule has 1 N–H and O–H groups in total. The summed E-state index contributed by atoms with van der Waals surface area (Å²) in [7, 11) is 0. The molecule has 4 rings (SSSR count). The largest absolute Gasteiger partial charge is 0.461 e. The molecule has 2 bridgehead atoms. The summed E-state index contributed by atoms with van der Waals surface area (Å²) >= 11 is 0. The Labute approximate surface area is 160 Å². The summed E-state index contributed by atoms with van der Waals surface area (Å²) in [6.45, 7) is 11.5. The smallest absolute Gasteiger partial charge is 0.302 e. The van der Waals surface area contributed by atoms with Crippen molar-refractivity contribution in [2.24, 2.45) is 34.0 Å². The van der Waals surface area contributed by atoms with Gasteiger partial charge in [-0.05, 0) is 48.5 Å². The van der Waals surface area contributed by atoms with Gasteiger partial charge in [-0.15, -0.1) is 0 Å². The first kappa shape index (κ1) is 18.9. The minimum Gasteiger partial charge on any atom is -0.461 e. The molecule has 4 fully saturated rings. The van der Waals surface area contributed by atoms with E-state index in [4.69, 9.17) is 4.74 Å². The Morgan fingerprint density at radius 1 is 1.19 bits per heavy atom. The van der Waals surface area contributed by atoms with E-state index in [9.17, 15) is 19.5 Å². The number of hydrogen-bond donors (Lipinski definition) is 1. The lowest BCUT2D eigenvalue weighted by Crippen LogP contribution is -2.68. The van der Waals surface area contributed by atoms with Crippen LogP contribution in [-0.4, -0.2) is 34.9 Å². The highest BCUT2D eigenvalue weighted by molar-refractivity contribution is 6.05. The summed E-state index contributed by atoms with van der Waals surface area (Å²) in [6.07, 6.45) is 1.57. The number of ether oxygens (including phenoxy) is 1. The van der Waals surface area contributed by atoms with Gasteiger partial charge in [0.1, 0.15) is 11.9 Å². The van der Waals surface area contributed by atoms with Crippen LogP contribution >= 0.6 is 0 Å². The predicted octanol–water partition coefficient (Wildman–Crippen LogP) is 2.85. The zero-order valence-corrected chi connectivity index (χ0v) is 16.7. The number of hydrogen-bond acceptors (Lipinski definition) is 5. The van der Waals surface area contributed by atoms with E-state index in [1.165, 1.54) is 6.92 Å². The third-order valence-corrected chi connectivity index (χ3v) is 8.69. The molecule has 1 spiro atoms. The lowest BCUT2D eigenvalue weighted by molar-refractivity contribution is -0.229. The SMILES string of the molecule is C=C1C(=O)C23[C@H](O)C[C@@H]4C(C)(C)C(=O)CC[C@@]4(C)[C@@H]2CC[C@@H]1[C@H]3OC(C)=O. The number of carbonyl (C=O) groups is 3. The van der Waals surface area contributed by atoms with Crippen molar-refractivity contribution >= 4 is 17.5 Å². The Morgan fingerprint density at radius 3 is 2.48 bits per heavy atom. The summed E-state index contributed by atoms with van der Waals surface area (Å²) < 4.78 is 5.70. The molecule has 0 aliphatic heterocycles. The van der Waals surface area contributed by atoms with Crippen molar-refractivity contribution < 1.29 is 24.2 Å². The Kier molecular flexibility index (Phi) is 3.86. The Balaban J connectivity index is 1.88. The molecular formula is C22H30O5. The van der Waals surface area contributed by atoms with Crippen molar-refractivity contribution in [2.45, 2.75) is 72.0 Å². The van der Waals surface area contributed by atoms with E-state index in [0.29, 0.717) is 18.4 Å². The number of fused-ring (bicyclic) bond motifs is 3. The first-order chi connectivity index (χ1) is 12.5. The topological polar surface area (TPSA) is 80.7 Å². The van der Waals surface area contributed by atoms with Gasteiger partial charge in [0.15, 0.2) is 5.78 Å². The van der Waals surface area contributed by atoms with Gasteiger partial charge in [-0.2, -0.15) is 0 Å². The van der Waals surface area contributed by atoms with Crippen LogP contribution in [0.3, 0.4) is 0 Å². The van der Waals surface area contributed by atoms with Crippen molar-refractivity contribution in [1.29, 1.82) is 0 Å². The molecular weight excluding hydrogens is 344 g/mol. The molecule has 1 unspecified atom stereocenters. The molecule has 0 aromatic heterocycles. The van der Waals surface area contributed by atoms with Crippen LogP contribution in [0.25, 0.3) is 0 Å². The Hall–Kier alpha value is -1.49. The minimum atomic E-state index is -1.10. The van der Waals surface area contributed by atoms with Gasteiger partial charge < -0.3 is 9.84 Å². The van der Waals surface area contributed by atoms with Crippen molar-refractivity contribution in [3.8, 4) is 0 Å². The summed E-state index contributed by atoms with van der Waals surface area (Å²) in [4.78, 5) is 37.9. The lowest BCUT2D eigenvalue weighted by Gasteiger charge is -2.64. The maximum absolute atomic E-state index is 13.5. The number of aliphatic hydroxyl groups is 1. The van der Waals surface area contributed by atoms with E-state index in [2.05, 4.69) is 13.5 Å². The van der Waals surface area contributed by atoms with Gasteiger partial charge in [0.2, 0.25) is 0 Å². The van der Waals surface area contributed by atoms with Crippen molar-refractivity contribution in [3.63, 3.8) is 0 Å². The summed E-state index contributed by atoms with van der Waals surface area (Å²) in [5.74, 6) is -0.619. The second kappa shape index (κ2) is 5.53. The van der Waals surface area contributed by atoms with Gasteiger partial charge in [0.05, 0.1) is 11.5 Å². The maximum Gasteiger partial charge on any atom is 0.302 e. The number of esters is 1. The molecule has 5 nitrogen and oxygen atoms in total. The third-order valence-electron chi connectivity index (χ3n) is 8.69. The van der Waals surface area contributed by atoms with E-state index < -0.39 is 29.0 Å². The number of ketones is 2. The molecule has 148 valence electrons. The molecule has 27 heavy (non-hydrogen) atoms. The Morgan fingerprint density at radius 2 is 1.85 bits per heavy atom. The number of rotatable bonds is 1. The molecule has 0 saturated heterocycles. The van der Waals surface area contributed by atoms with E-state index >= 15 is 0 Å². The van der Waals surface area contributed by atoms with Crippen LogP contribution in [-0.2, 0) is 19.1 Å². The van der Waals surface area contributed by atoms with Crippen LogP contribution < -0.4 is 0 Å². The fraction of sp³-hybridized carbons (Fsp3) is 0.773. The second-order valence-electron chi connectivity index (χ2n) is 10.0. The fourth-order valence-electron chi connectivity index (χ4n) is 7.46. The molecule has 0 amide bonds. The Bertz CT molecular complexity index is 752. The highest BCUT2D eigenvalue weighted by Gasteiger charge is 2.75. The molecule has 0 aromatic carbocycles. The average molecular weight is 374 g/mol. The van der Waals surface area contributed by atoms with Crippen LogP contribution in [0.1, 0.15) is 59.8 Å².